The maximum Gasteiger partial charge on any atom is 0.446 e. The van der Waals surface area contributed by atoms with E-state index in [0.29, 0.717) is 12.0 Å². The highest BCUT2D eigenvalue weighted by Gasteiger charge is 2.28. The highest BCUT2D eigenvalue weighted by molar-refractivity contribution is 8.00. The van der Waals surface area contributed by atoms with Crippen molar-refractivity contribution in [1.82, 2.24) is 0 Å². The Morgan fingerprint density at radius 3 is 2.27 bits per heavy atom. The number of rotatable bonds is 3. The maximum atomic E-state index is 11.9. The normalized spacial score (nSPS) is 11.9. The van der Waals surface area contributed by atoms with Crippen LogP contribution in [0, 0.1) is 0 Å². The fraction of sp³-hybridized carbons (Fsp3) is 0.111. The molecule has 0 radical (unpaired) electrons. The van der Waals surface area contributed by atoms with E-state index in [0.717, 1.165) is 6.21 Å². The molecule has 1 aromatic carbocycles. The fourth-order valence-corrected chi connectivity index (χ4v) is 1.39. The van der Waals surface area contributed by atoms with Gasteiger partial charge in [0.15, 0.2) is 6.29 Å². The molecule has 0 aromatic heterocycles. The molecule has 0 N–H and O–H groups in total. The summed E-state index contributed by atoms with van der Waals surface area (Å²) in [7, 11) is 0. The number of carbonyl (C=O) groups is 1. The summed E-state index contributed by atoms with van der Waals surface area (Å²) in [6, 6.07) is 5.42. The van der Waals surface area contributed by atoms with Crippen LogP contribution in [0.2, 0.25) is 0 Å². The number of hydrogen-bond acceptors (Lipinski definition) is 3. The van der Waals surface area contributed by atoms with Crippen molar-refractivity contribution in [3.05, 3.63) is 24.3 Å². The molecule has 0 heterocycles. The van der Waals surface area contributed by atoms with E-state index in [-0.39, 0.29) is 16.7 Å². The van der Waals surface area contributed by atoms with Crippen LogP contribution in [0.3, 0.4) is 0 Å². The third-order valence-electron chi connectivity index (χ3n) is 1.35. The Kier molecular flexibility index (Phi) is 3.90. The van der Waals surface area contributed by atoms with E-state index in [2.05, 4.69) is 4.99 Å². The zero-order valence-electron chi connectivity index (χ0n) is 7.36. The second-order valence-corrected chi connectivity index (χ2v) is 3.59. The van der Waals surface area contributed by atoms with Crippen molar-refractivity contribution in [3.63, 3.8) is 0 Å². The van der Waals surface area contributed by atoms with Crippen LogP contribution in [0.5, 0.6) is 0 Å². The first-order valence-corrected chi connectivity index (χ1v) is 4.66. The first-order chi connectivity index (χ1) is 7.01. The minimum atomic E-state index is -4.28. The van der Waals surface area contributed by atoms with Gasteiger partial charge in [-0.2, -0.15) is 13.2 Å². The van der Waals surface area contributed by atoms with Gasteiger partial charge < -0.3 is 0 Å². The summed E-state index contributed by atoms with van der Waals surface area (Å²) in [4.78, 5) is 13.7. The SMILES string of the molecule is O=CC=Nc1ccc(SC(F)(F)F)cc1. The van der Waals surface area contributed by atoms with E-state index in [1.165, 1.54) is 24.3 Å². The minimum Gasteiger partial charge on any atom is -0.297 e. The summed E-state index contributed by atoms with van der Waals surface area (Å²) < 4.78 is 35.8. The van der Waals surface area contributed by atoms with Gasteiger partial charge in [0.2, 0.25) is 0 Å². The Labute approximate surface area is 88.2 Å². The van der Waals surface area contributed by atoms with Crippen LogP contribution in [-0.2, 0) is 4.79 Å². The van der Waals surface area contributed by atoms with Crippen LogP contribution in [0.25, 0.3) is 0 Å². The van der Waals surface area contributed by atoms with Gasteiger partial charge in [0.05, 0.1) is 11.9 Å². The fourth-order valence-electron chi connectivity index (χ4n) is 0.850. The molecule has 0 aliphatic heterocycles. The van der Waals surface area contributed by atoms with E-state index in [1.807, 2.05) is 0 Å². The van der Waals surface area contributed by atoms with Gasteiger partial charge in [-0.1, -0.05) is 0 Å². The molecular formula is C9H6F3NOS. The molecule has 0 atom stereocenters. The van der Waals surface area contributed by atoms with Crippen LogP contribution in [0.15, 0.2) is 34.2 Å². The molecule has 1 aromatic rings. The van der Waals surface area contributed by atoms with Gasteiger partial charge in [-0.05, 0) is 36.0 Å². The third kappa shape index (κ3) is 4.64. The second kappa shape index (κ2) is 4.97. The van der Waals surface area contributed by atoms with Gasteiger partial charge >= 0.3 is 5.51 Å². The molecule has 0 aliphatic rings. The Balaban J connectivity index is 2.72. The van der Waals surface area contributed by atoms with Crippen molar-refractivity contribution in [2.24, 2.45) is 4.99 Å². The van der Waals surface area contributed by atoms with Crippen molar-refractivity contribution < 1.29 is 18.0 Å². The zero-order chi connectivity index (χ0) is 11.3. The molecule has 0 fully saturated rings. The molecule has 6 heteroatoms. The maximum absolute atomic E-state index is 11.9. The molecule has 0 spiro atoms. The molecule has 0 saturated heterocycles. The third-order valence-corrected chi connectivity index (χ3v) is 2.09. The van der Waals surface area contributed by atoms with Crippen molar-refractivity contribution >= 4 is 30.0 Å². The van der Waals surface area contributed by atoms with Gasteiger partial charge in [0.1, 0.15) is 0 Å². The van der Waals surface area contributed by atoms with Crippen molar-refractivity contribution in [2.75, 3.05) is 0 Å². The number of benzene rings is 1. The predicted octanol–water partition coefficient (Wildman–Crippen LogP) is 3.20. The average Bonchev–Trinajstić information content (AvgIpc) is 2.14. The van der Waals surface area contributed by atoms with Crippen molar-refractivity contribution in [2.45, 2.75) is 10.4 Å². The molecule has 2 nitrogen and oxygen atoms in total. The summed E-state index contributed by atoms with van der Waals surface area (Å²) in [6.07, 6.45) is 1.53. The van der Waals surface area contributed by atoms with Crippen LogP contribution < -0.4 is 0 Å². The average molecular weight is 233 g/mol. The largest absolute Gasteiger partial charge is 0.446 e. The molecule has 80 valence electrons. The predicted molar refractivity (Wildman–Crippen MR) is 52.6 cm³/mol. The van der Waals surface area contributed by atoms with E-state index < -0.39 is 5.51 Å². The topological polar surface area (TPSA) is 29.4 Å². The van der Waals surface area contributed by atoms with Gasteiger partial charge in [0.25, 0.3) is 0 Å². The van der Waals surface area contributed by atoms with E-state index in [9.17, 15) is 18.0 Å². The van der Waals surface area contributed by atoms with Gasteiger partial charge in [0, 0.05) is 4.90 Å². The minimum absolute atomic E-state index is 0.0903. The smallest absolute Gasteiger partial charge is 0.297 e. The number of carbonyl (C=O) groups excluding carboxylic acids is 1. The number of aliphatic imine (C=N–C) groups is 1. The van der Waals surface area contributed by atoms with E-state index in [4.69, 9.17) is 0 Å². The summed E-state index contributed by atoms with van der Waals surface area (Å²) >= 11 is -0.188. The van der Waals surface area contributed by atoms with Gasteiger partial charge in [-0.15, -0.1) is 0 Å². The van der Waals surface area contributed by atoms with Crippen LogP contribution in [0.4, 0.5) is 18.9 Å². The Morgan fingerprint density at radius 2 is 1.80 bits per heavy atom. The number of hydrogen-bond donors (Lipinski definition) is 0. The molecular weight excluding hydrogens is 227 g/mol. The van der Waals surface area contributed by atoms with Crippen molar-refractivity contribution in [3.8, 4) is 0 Å². The van der Waals surface area contributed by atoms with Crippen molar-refractivity contribution in [1.29, 1.82) is 0 Å². The lowest BCUT2D eigenvalue weighted by atomic mass is 10.3. The van der Waals surface area contributed by atoms with E-state index in [1.54, 1.807) is 0 Å². The lowest BCUT2D eigenvalue weighted by molar-refractivity contribution is -0.102. The molecule has 15 heavy (non-hydrogen) atoms. The number of alkyl halides is 3. The highest BCUT2D eigenvalue weighted by Crippen LogP contribution is 2.37. The van der Waals surface area contributed by atoms with Crippen LogP contribution >= 0.6 is 11.8 Å². The molecule has 1 rings (SSSR count). The van der Waals surface area contributed by atoms with Crippen LogP contribution in [-0.4, -0.2) is 18.0 Å². The van der Waals surface area contributed by atoms with Crippen LogP contribution in [0.1, 0.15) is 0 Å². The number of aldehydes is 1. The Hall–Kier alpha value is -1.30. The molecule has 0 bridgehead atoms. The van der Waals surface area contributed by atoms with Gasteiger partial charge in [-0.25, -0.2) is 0 Å². The summed E-state index contributed by atoms with van der Waals surface area (Å²) in [5, 5.41) is 0. The van der Waals surface area contributed by atoms with Gasteiger partial charge in [-0.3, -0.25) is 9.79 Å². The number of halogens is 3. The van der Waals surface area contributed by atoms with E-state index >= 15 is 0 Å². The molecule has 0 amide bonds. The standard InChI is InChI=1S/C9H6F3NOS/c10-9(11,12)15-8-3-1-7(2-4-8)13-5-6-14/h1-6H. The molecule has 0 aliphatic carbocycles. The summed E-state index contributed by atoms with van der Waals surface area (Å²) in [5.41, 5.74) is -3.85. The number of nitrogens with zero attached hydrogens (tertiary/aromatic N) is 1. The highest BCUT2D eigenvalue weighted by atomic mass is 32.2. The second-order valence-electron chi connectivity index (χ2n) is 2.46. The first-order valence-electron chi connectivity index (χ1n) is 3.85. The Morgan fingerprint density at radius 1 is 1.20 bits per heavy atom. The Bertz CT molecular complexity index is 359. The summed E-state index contributed by atoms with van der Waals surface area (Å²) in [6.45, 7) is 0. The lowest BCUT2D eigenvalue weighted by Gasteiger charge is -2.04. The zero-order valence-corrected chi connectivity index (χ0v) is 8.18. The number of thioether (sulfide) groups is 1. The lowest BCUT2D eigenvalue weighted by Crippen LogP contribution is -1.98. The summed E-state index contributed by atoms with van der Waals surface area (Å²) in [5.74, 6) is 0. The molecule has 0 unspecified atom stereocenters. The quantitative estimate of drug-likeness (QED) is 0.456. The first kappa shape index (κ1) is 11.8. The monoisotopic (exact) mass is 233 g/mol. The molecule has 0 saturated carbocycles.